The van der Waals surface area contributed by atoms with Gasteiger partial charge in [-0.3, -0.25) is 0 Å². The molecule has 0 aliphatic carbocycles. The molecule has 0 saturated carbocycles. The first-order valence-electron chi connectivity index (χ1n) is 4.53. The number of rotatable bonds is 8. The van der Waals surface area contributed by atoms with Crippen LogP contribution in [-0.4, -0.2) is 45.1 Å². The monoisotopic (exact) mass is 311 g/mol. The molecule has 0 aromatic heterocycles. The van der Waals surface area contributed by atoms with E-state index in [1.807, 2.05) is 0 Å². The largest absolute Gasteiger partial charge is 1.00 e. The van der Waals surface area contributed by atoms with Gasteiger partial charge in [-0.15, -0.1) is 0 Å². The molecule has 0 bridgehead atoms. The van der Waals surface area contributed by atoms with Gasteiger partial charge in [0.25, 0.3) is 10.0 Å². The van der Waals surface area contributed by atoms with E-state index < -0.39 is 16.7 Å². The Morgan fingerprint density at radius 3 is 2.61 bits per heavy atom. The first kappa shape index (κ1) is 20.8. The Hall–Kier alpha value is 0.507. The average molecular weight is 311 g/mol. The van der Waals surface area contributed by atoms with Crippen LogP contribution in [0.1, 0.15) is 6.42 Å². The predicted octanol–water partition coefficient (Wildman–Crippen LogP) is -5.12. The van der Waals surface area contributed by atoms with Gasteiger partial charge in [0, 0.05) is 19.5 Å². The second-order valence-electron chi connectivity index (χ2n) is 3.12. The molecule has 0 aromatic carbocycles. The molecule has 12 heteroatoms. The first-order valence-corrected chi connectivity index (χ1v) is 8.97. The van der Waals surface area contributed by atoms with Gasteiger partial charge in [-0.05, 0) is 0 Å². The van der Waals surface area contributed by atoms with E-state index in [1.165, 1.54) is 0 Å². The molecule has 102 valence electrons. The summed E-state index contributed by atoms with van der Waals surface area (Å²) in [4.78, 5) is 19.1. The summed E-state index contributed by atoms with van der Waals surface area (Å²) in [6.07, 6.45) is 1.20. The summed E-state index contributed by atoms with van der Waals surface area (Å²) in [5, 5.41) is 2.82. The van der Waals surface area contributed by atoms with Gasteiger partial charge in [-0.25, -0.2) is 8.42 Å². The second kappa shape index (κ2) is 9.42. The van der Waals surface area contributed by atoms with Crippen LogP contribution in [0.25, 0.3) is 0 Å². The van der Waals surface area contributed by atoms with Crippen molar-refractivity contribution in [3.8, 4) is 0 Å². The fourth-order valence-corrected chi connectivity index (χ4v) is 1.90. The number of nitrogens with zero attached hydrogens (tertiary/aromatic N) is 1. The molecule has 0 fully saturated rings. The van der Waals surface area contributed by atoms with Crippen LogP contribution in [0, 0.1) is 0 Å². The summed E-state index contributed by atoms with van der Waals surface area (Å²) in [5.41, 5.74) is 5.34. The maximum atomic E-state index is 10.7. The van der Waals surface area contributed by atoms with Crippen LogP contribution in [-0.2, 0) is 26.4 Å². The van der Waals surface area contributed by atoms with Crippen LogP contribution in [0.2, 0.25) is 0 Å². The quantitative estimate of drug-likeness (QED) is 0.133. The van der Waals surface area contributed by atoms with Gasteiger partial charge in [0.1, 0.15) is 12.6 Å². The van der Waals surface area contributed by atoms with Crippen LogP contribution < -0.4 is 34.8 Å². The Morgan fingerprint density at radius 2 is 2.17 bits per heavy atom. The number of amidine groups is 1. The number of hydrogen-bond donors (Lipinski definition) is 3. The third kappa shape index (κ3) is 16.5. The molecule has 0 radical (unpaired) electrons. The fourth-order valence-electron chi connectivity index (χ4n) is 0.833. The average Bonchev–Trinajstić information content (AvgIpc) is 2.06. The smallest absolute Gasteiger partial charge is 0.780 e. The molecule has 8 nitrogen and oxygen atoms in total. The summed E-state index contributed by atoms with van der Waals surface area (Å²) < 4.78 is 29.1. The number of nitrogens with one attached hydrogen (secondary N) is 1. The van der Waals surface area contributed by atoms with Gasteiger partial charge in [-0.2, -0.15) is 4.40 Å². The SMILES string of the molecule is CS(=O)(=O)N=C(N)CCNCCOP([O-])(O)=S.[Li+]. The molecule has 0 aromatic rings. The topological polar surface area (TPSA) is 137 Å². The summed E-state index contributed by atoms with van der Waals surface area (Å²) in [6.45, 7) is -3.18. The van der Waals surface area contributed by atoms with E-state index in [2.05, 4.69) is 26.0 Å². The number of hydrogen-bond acceptors (Lipinski definition) is 6. The Balaban J connectivity index is 0. The standard InChI is InChI=1S/C6H16N3O5PS2.Li/c1-17(12,13)9-6(7)2-3-8-4-5-14-15(10,11)16;/h8H,2-5H2,1H3,(H2,7,9)(H2,10,11,16);/q;+1/p-1. The summed E-state index contributed by atoms with van der Waals surface area (Å²) in [7, 11) is -3.46. The Kier molecular flexibility index (Phi) is 10.9. The molecular formula is C6H15LiN3O5PS2. The first-order chi connectivity index (χ1) is 7.60. The minimum atomic E-state index is -3.85. The number of sulfonamides is 1. The molecule has 4 N–H and O–H groups in total. The minimum absolute atomic E-state index is 0. The van der Waals surface area contributed by atoms with Gasteiger partial charge in [-0.1, -0.05) is 11.8 Å². The molecule has 18 heavy (non-hydrogen) atoms. The Bertz CT molecular complexity index is 409. The third-order valence-electron chi connectivity index (χ3n) is 1.37. The zero-order chi connectivity index (χ0) is 13.5. The summed E-state index contributed by atoms with van der Waals surface area (Å²) >= 11 is 4.12. The summed E-state index contributed by atoms with van der Waals surface area (Å²) in [5.74, 6) is -0.00276. The molecule has 0 spiro atoms. The van der Waals surface area contributed by atoms with E-state index in [-0.39, 0.29) is 37.7 Å². The van der Waals surface area contributed by atoms with Crippen LogP contribution in [0.4, 0.5) is 0 Å². The normalized spacial score (nSPS) is 15.8. The molecule has 0 rings (SSSR count). The van der Waals surface area contributed by atoms with Crippen LogP contribution in [0.15, 0.2) is 4.40 Å². The maximum Gasteiger partial charge on any atom is 1.00 e. The van der Waals surface area contributed by atoms with Crippen molar-refractivity contribution in [3.63, 3.8) is 0 Å². The van der Waals surface area contributed by atoms with E-state index in [1.54, 1.807) is 0 Å². The van der Waals surface area contributed by atoms with Crippen molar-refractivity contribution in [2.24, 2.45) is 10.1 Å². The molecular weight excluding hydrogens is 296 g/mol. The number of nitrogens with two attached hydrogens (primary N) is 1. The van der Waals surface area contributed by atoms with Gasteiger partial charge in [0.15, 0.2) is 0 Å². The zero-order valence-electron chi connectivity index (χ0n) is 10.2. The predicted molar refractivity (Wildman–Crippen MR) is 66.4 cm³/mol. The fraction of sp³-hybridized carbons (Fsp3) is 0.833. The van der Waals surface area contributed by atoms with E-state index in [0.29, 0.717) is 13.1 Å². The zero-order valence-corrected chi connectivity index (χ0v) is 12.7. The van der Waals surface area contributed by atoms with E-state index in [0.717, 1.165) is 6.26 Å². The van der Waals surface area contributed by atoms with Crippen LogP contribution in [0.5, 0.6) is 0 Å². The van der Waals surface area contributed by atoms with Crippen molar-refractivity contribution in [2.45, 2.75) is 6.42 Å². The van der Waals surface area contributed by atoms with Crippen LogP contribution >= 0.6 is 6.72 Å². The summed E-state index contributed by atoms with van der Waals surface area (Å²) in [6, 6.07) is 0. The molecule has 1 unspecified atom stereocenters. The van der Waals surface area contributed by atoms with Crippen molar-refractivity contribution in [1.29, 1.82) is 0 Å². The van der Waals surface area contributed by atoms with E-state index in [9.17, 15) is 13.3 Å². The minimum Gasteiger partial charge on any atom is -0.780 e. The molecule has 0 aliphatic heterocycles. The van der Waals surface area contributed by atoms with E-state index in [4.69, 9.17) is 10.6 Å². The maximum absolute atomic E-state index is 10.7. The molecule has 1 atom stereocenters. The van der Waals surface area contributed by atoms with Crippen molar-refractivity contribution >= 4 is 34.4 Å². The van der Waals surface area contributed by atoms with Gasteiger partial charge in [0.2, 0.25) is 0 Å². The Morgan fingerprint density at radius 1 is 1.61 bits per heavy atom. The van der Waals surface area contributed by atoms with E-state index >= 15 is 0 Å². The van der Waals surface area contributed by atoms with Crippen molar-refractivity contribution < 1.29 is 41.6 Å². The molecule has 0 saturated heterocycles. The van der Waals surface area contributed by atoms with Gasteiger partial charge < -0.3 is 25.4 Å². The molecule has 0 amide bonds. The molecule has 0 heterocycles. The molecule has 0 aliphatic rings. The van der Waals surface area contributed by atoms with Gasteiger partial charge >= 0.3 is 18.9 Å². The van der Waals surface area contributed by atoms with Crippen molar-refractivity contribution in [3.05, 3.63) is 0 Å². The van der Waals surface area contributed by atoms with Crippen molar-refractivity contribution in [2.75, 3.05) is 26.0 Å². The second-order valence-corrected chi connectivity index (χ2v) is 7.35. The third-order valence-corrected chi connectivity index (χ3v) is 2.77. The van der Waals surface area contributed by atoms with Crippen LogP contribution in [0.3, 0.4) is 0 Å². The van der Waals surface area contributed by atoms with Gasteiger partial charge in [0.05, 0.1) is 12.9 Å². The van der Waals surface area contributed by atoms with Crippen molar-refractivity contribution in [1.82, 2.24) is 5.32 Å². The Labute approximate surface area is 123 Å².